The van der Waals surface area contributed by atoms with Crippen LogP contribution < -0.4 is 0 Å². The van der Waals surface area contributed by atoms with Gasteiger partial charge in [0.05, 0.1) is 0 Å². The first-order valence-electron chi connectivity index (χ1n) is 4.53. The predicted molar refractivity (Wildman–Crippen MR) is 51.9 cm³/mol. The fourth-order valence-corrected chi connectivity index (χ4v) is 1.64. The van der Waals surface area contributed by atoms with E-state index in [9.17, 15) is 13.5 Å². The summed E-state index contributed by atoms with van der Waals surface area (Å²) in [6.07, 6.45) is 1.68. The second kappa shape index (κ2) is 5.06. The van der Waals surface area contributed by atoms with Crippen molar-refractivity contribution in [2.24, 2.45) is 5.92 Å². The van der Waals surface area contributed by atoms with Gasteiger partial charge in [0.25, 0.3) is 0 Å². The van der Waals surface area contributed by atoms with Crippen LogP contribution in [0, 0.1) is 5.92 Å². The molecule has 0 amide bonds. The minimum Gasteiger partial charge on any atom is -0.365 e. The van der Waals surface area contributed by atoms with Crippen LogP contribution in [0.5, 0.6) is 0 Å². The highest BCUT2D eigenvalue weighted by atomic mass is 32.3. The molecule has 0 bridgehead atoms. The molecule has 5 nitrogen and oxygen atoms in total. The van der Waals surface area contributed by atoms with Crippen LogP contribution in [0.1, 0.15) is 40.0 Å². The lowest BCUT2D eigenvalue weighted by Gasteiger charge is -2.21. The Bertz CT molecular complexity index is 255. The normalized spacial score (nSPS) is 17.0. The largest absolute Gasteiger partial charge is 0.400 e. The average molecular weight is 226 g/mol. The molecular formula is C8H18O5S. The zero-order chi connectivity index (χ0) is 11.4. The number of hydrogen-bond acceptors (Lipinski definition) is 4. The van der Waals surface area contributed by atoms with Gasteiger partial charge in [0, 0.05) is 6.42 Å². The van der Waals surface area contributed by atoms with Gasteiger partial charge in [-0.1, -0.05) is 20.3 Å². The number of rotatable bonds is 6. The van der Waals surface area contributed by atoms with E-state index in [0.29, 0.717) is 12.3 Å². The molecule has 86 valence electrons. The molecule has 0 spiro atoms. The minimum atomic E-state index is -4.58. The molecular weight excluding hydrogens is 208 g/mol. The van der Waals surface area contributed by atoms with Crippen LogP contribution in [-0.2, 0) is 14.6 Å². The van der Waals surface area contributed by atoms with Crippen LogP contribution in [0.15, 0.2) is 0 Å². The van der Waals surface area contributed by atoms with Crippen molar-refractivity contribution in [3.8, 4) is 0 Å². The highest BCUT2D eigenvalue weighted by molar-refractivity contribution is 7.80. The molecule has 0 saturated carbocycles. The maximum Gasteiger partial charge on any atom is 0.400 e. The summed E-state index contributed by atoms with van der Waals surface area (Å²) in [4.78, 5) is 0. The maximum atomic E-state index is 10.3. The van der Waals surface area contributed by atoms with Gasteiger partial charge in [-0.2, -0.15) is 8.42 Å². The molecule has 14 heavy (non-hydrogen) atoms. The number of aliphatic hydroxyl groups is 1. The Hall–Kier alpha value is -0.170. The van der Waals surface area contributed by atoms with Crippen molar-refractivity contribution in [1.29, 1.82) is 0 Å². The second-order valence-corrected chi connectivity index (χ2v) is 4.99. The lowest BCUT2D eigenvalue weighted by atomic mass is 10.0. The molecule has 1 unspecified atom stereocenters. The quantitative estimate of drug-likeness (QED) is 0.527. The molecule has 0 aromatic rings. The first kappa shape index (κ1) is 13.8. The maximum absolute atomic E-state index is 10.3. The lowest BCUT2D eigenvalue weighted by molar-refractivity contribution is -0.128. The third-order valence-corrected chi connectivity index (χ3v) is 2.28. The van der Waals surface area contributed by atoms with Crippen molar-refractivity contribution in [1.82, 2.24) is 0 Å². The smallest absolute Gasteiger partial charge is 0.365 e. The van der Waals surface area contributed by atoms with Crippen molar-refractivity contribution in [2.45, 2.75) is 45.8 Å². The van der Waals surface area contributed by atoms with Crippen molar-refractivity contribution in [2.75, 3.05) is 0 Å². The summed E-state index contributed by atoms with van der Waals surface area (Å²) < 4.78 is 33.1. The Morgan fingerprint density at radius 1 is 1.43 bits per heavy atom. The summed E-state index contributed by atoms with van der Waals surface area (Å²) in [5.41, 5.74) is 0. The molecule has 0 rings (SSSR count). The molecule has 0 aliphatic carbocycles. The van der Waals surface area contributed by atoms with E-state index in [0.717, 1.165) is 6.42 Å². The number of hydrogen-bond donors (Lipinski definition) is 2. The Labute approximate surface area is 85.0 Å². The topological polar surface area (TPSA) is 83.8 Å². The molecule has 0 radical (unpaired) electrons. The average Bonchev–Trinajstić information content (AvgIpc) is 1.78. The minimum absolute atomic E-state index is 0.172. The van der Waals surface area contributed by atoms with Gasteiger partial charge in [-0.3, -0.25) is 4.55 Å². The lowest BCUT2D eigenvalue weighted by Crippen LogP contribution is -2.31. The van der Waals surface area contributed by atoms with Gasteiger partial charge in [0.15, 0.2) is 5.79 Å². The van der Waals surface area contributed by atoms with Crippen LogP contribution >= 0.6 is 0 Å². The molecule has 0 aliphatic rings. The van der Waals surface area contributed by atoms with E-state index in [2.05, 4.69) is 4.18 Å². The zero-order valence-corrected chi connectivity index (χ0v) is 9.54. The van der Waals surface area contributed by atoms with E-state index >= 15 is 0 Å². The van der Waals surface area contributed by atoms with E-state index in [1.165, 1.54) is 6.92 Å². The van der Waals surface area contributed by atoms with E-state index < -0.39 is 16.2 Å². The van der Waals surface area contributed by atoms with Gasteiger partial charge in [0.1, 0.15) is 0 Å². The van der Waals surface area contributed by atoms with Gasteiger partial charge in [-0.15, -0.1) is 0 Å². The Morgan fingerprint density at radius 2 is 1.93 bits per heavy atom. The molecule has 0 aromatic heterocycles. The summed E-state index contributed by atoms with van der Waals surface area (Å²) in [6.45, 7) is 5.26. The Morgan fingerprint density at radius 3 is 2.29 bits per heavy atom. The van der Waals surface area contributed by atoms with Crippen molar-refractivity contribution in [3.63, 3.8) is 0 Å². The van der Waals surface area contributed by atoms with Crippen LogP contribution in [0.2, 0.25) is 0 Å². The van der Waals surface area contributed by atoms with E-state index in [-0.39, 0.29) is 6.42 Å². The zero-order valence-electron chi connectivity index (χ0n) is 8.73. The third-order valence-electron chi connectivity index (χ3n) is 1.71. The molecule has 6 heteroatoms. The summed E-state index contributed by atoms with van der Waals surface area (Å²) >= 11 is 0. The van der Waals surface area contributed by atoms with E-state index in [1.807, 2.05) is 13.8 Å². The van der Waals surface area contributed by atoms with Crippen LogP contribution in [0.25, 0.3) is 0 Å². The second-order valence-electron chi connectivity index (χ2n) is 3.97. The molecule has 0 fully saturated rings. The van der Waals surface area contributed by atoms with Crippen molar-refractivity contribution in [3.05, 3.63) is 0 Å². The summed E-state index contributed by atoms with van der Waals surface area (Å²) in [5, 5.41) is 9.40. The Kier molecular flexibility index (Phi) is 5.00. The SMILES string of the molecule is CC(C)CCCC(C)(O)OS(=O)(=O)O. The molecule has 0 aromatic carbocycles. The molecule has 0 heterocycles. The molecule has 1 atom stereocenters. The van der Waals surface area contributed by atoms with Gasteiger partial charge in [-0.25, -0.2) is 4.18 Å². The first-order valence-corrected chi connectivity index (χ1v) is 5.89. The summed E-state index contributed by atoms with van der Waals surface area (Å²) in [7, 11) is -4.58. The third kappa shape index (κ3) is 8.43. The van der Waals surface area contributed by atoms with Gasteiger partial charge in [-0.05, 0) is 19.3 Å². The summed E-state index contributed by atoms with van der Waals surface area (Å²) in [6, 6.07) is 0. The van der Waals surface area contributed by atoms with Crippen molar-refractivity contribution >= 4 is 10.4 Å². The molecule has 0 aliphatic heterocycles. The fourth-order valence-electron chi connectivity index (χ4n) is 1.11. The summed E-state index contributed by atoms with van der Waals surface area (Å²) in [5.74, 6) is -1.33. The van der Waals surface area contributed by atoms with E-state index in [1.54, 1.807) is 0 Å². The predicted octanol–water partition coefficient (Wildman–Crippen LogP) is 1.34. The molecule has 2 N–H and O–H groups in total. The van der Waals surface area contributed by atoms with Crippen LogP contribution in [0.4, 0.5) is 0 Å². The Balaban J connectivity index is 3.96. The van der Waals surface area contributed by atoms with Gasteiger partial charge < -0.3 is 5.11 Å². The fraction of sp³-hybridized carbons (Fsp3) is 1.00. The van der Waals surface area contributed by atoms with Gasteiger partial charge >= 0.3 is 10.4 Å². The van der Waals surface area contributed by atoms with Gasteiger partial charge in [0.2, 0.25) is 0 Å². The monoisotopic (exact) mass is 226 g/mol. The van der Waals surface area contributed by atoms with Crippen molar-refractivity contribution < 1.29 is 22.3 Å². The molecule has 0 saturated heterocycles. The van der Waals surface area contributed by atoms with Crippen LogP contribution in [-0.4, -0.2) is 23.9 Å². The van der Waals surface area contributed by atoms with E-state index in [4.69, 9.17) is 4.55 Å². The highest BCUT2D eigenvalue weighted by Crippen LogP contribution is 2.19. The first-order chi connectivity index (χ1) is 6.12. The highest BCUT2D eigenvalue weighted by Gasteiger charge is 2.27. The van der Waals surface area contributed by atoms with Crippen LogP contribution in [0.3, 0.4) is 0 Å². The standard InChI is InChI=1S/C8H18O5S/c1-7(2)5-4-6-8(3,9)13-14(10,11)12/h7,9H,4-6H2,1-3H3,(H,10,11,12).